The molecule has 0 radical (unpaired) electrons. The molecule has 0 aromatic carbocycles. The van der Waals surface area contributed by atoms with Gasteiger partial charge in [-0.3, -0.25) is 4.79 Å². The van der Waals surface area contributed by atoms with Gasteiger partial charge in [0.05, 0.1) is 11.5 Å². The van der Waals surface area contributed by atoms with Crippen molar-refractivity contribution in [1.29, 1.82) is 0 Å². The first-order chi connectivity index (χ1) is 13.0. The summed E-state index contributed by atoms with van der Waals surface area (Å²) in [5, 5.41) is 33.2. The van der Waals surface area contributed by atoms with Crippen LogP contribution in [0.3, 0.4) is 0 Å². The van der Waals surface area contributed by atoms with Gasteiger partial charge in [-0.2, -0.15) is 0 Å². The Kier molecular flexibility index (Phi) is 8.75. The van der Waals surface area contributed by atoms with Crippen LogP contribution in [-0.4, -0.2) is 69.2 Å². The van der Waals surface area contributed by atoms with Gasteiger partial charge in [-0.05, 0) is 64.8 Å². The number of aliphatic hydroxyl groups is 3. The molecule has 29 heavy (non-hydrogen) atoms. The average molecular weight is 416 g/mol. The largest absolute Gasteiger partial charge is 0.459 e. The van der Waals surface area contributed by atoms with Crippen LogP contribution in [0, 0.1) is 17.3 Å². The van der Waals surface area contributed by atoms with E-state index in [4.69, 9.17) is 4.74 Å². The van der Waals surface area contributed by atoms with Gasteiger partial charge in [0.15, 0.2) is 0 Å². The van der Waals surface area contributed by atoms with Crippen LogP contribution < -0.4 is 0 Å². The Labute approximate surface area is 177 Å². The van der Waals surface area contributed by atoms with Crippen LogP contribution in [0.2, 0.25) is 0 Å². The van der Waals surface area contributed by atoms with Gasteiger partial charge in [-0.25, -0.2) is 0 Å². The molecule has 172 valence electrons. The van der Waals surface area contributed by atoms with Crippen LogP contribution >= 0.6 is 0 Å². The van der Waals surface area contributed by atoms with Crippen LogP contribution in [-0.2, 0) is 9.53 Å². The fourth-order valence-corrected chi connectivity index (χ4v) is 5.30. The molecule has 0 saturated carbocycles. The minimum Gasteiger partial charge on any atom is -0.459 e. The summed E-state index contributed by atoms with van der Waals surface area (Å²) in [5.74, 6) is -0.565. The van der Waals surface area contributed by atoms with Crippen LogP contribution in [0.25, 0.3) is 0 Å². The lowest BCUT2D eigenvalue weighted by atomic mass is 9.76. The number of rotatable bonds is 1. The molecule has 1 aliphatic heterocycles. The summed E-state index contributed by atoms with van der Waals surface area (Å²) in [7, 11) is 1.91. The predicted molar refractivity (Wildman–Crippen MR) is 115 cm³/mol. The number of carbonyl (C=O) groups excluding carboxylic acids is 1. The molecule has 1 aliphatic rings. The topological polar surface area (TPSA) is 90.2 Å². The van der Waals surface area contributed by atoms with E-state index in [0.29, 0.717) is 32.2 Å². The highest BCUT2D eigenvalue weighted by molar-refractivity contribution is 5.72. The van der Waals surface area contributed by atoms with E-state index in [0.717, 1.165) is 0 Å². The molecule has 0 amide bonds. The fourth-order valence-electron chi connectivity index (χ4n) is 5.30. The lowest BCUT2D eigenvalue weighted by Crippen LogP contribution is -2.59. The molecule has 6 nitrogen and oxygen atoms in total. The molecule has 0 aromatic heterocycles. The molecule has 6 heteroatoms. The maximum absolute atomic E-state index is 12.7. The van der Waals surface area contributed by atoms with Crippen molar-refractivity contribution in [2.75, 3.05) is 13.6 Å². The number of hydrogen-bond acceptors (Lipinski definition) is 6. The van der Waals surface area contributed by atoms with E-state index in [2.05, 4.69) is 20.8 Å². The van der Waals surface area contributed by atoms with E-state index >= 15 is 0 Å². The molecular weight excluding hydrogens is 370 g/mol. The second kappa shape index (κ2) is 9.63. The summed E-state index contributed by atoms with van der Waals surface area (Å²) in [6, 6.07) is -0.358. The zero-order chi connectivity index (χ0) is 22.8. The zero-order valence-corrected chi connectivity index (χ0v) is 20.0. The Morgan fingerprint density at radius 2 is 1.69 bits per heavy atom. The number of nitrogens with zero attached hydrogens (tertiary/aromatic N) is 1. The van der Waals surface area contributed by atoms with E-state index in [9.17, 15) is 20.1 Å². The number of cyclic esters (lactones) is 1. The quantitative estimate of drug-likeness (QED) is 0.571. The van der Waals surface area contributed by atoms with E-state index in [-0.39, 0.29) is 29.3 Å². The highest BCUT2D eigenvalue weighted by atomic mass is 16.6. The van der Waals surface area contributed by atoms with Gasteiger partial charge < -0.3 is 25.0 Å². The molecular formula is C23H45NO5. The second-order valence-corrected chi connectivity index (χ2v) is 10.9. The number of likely N-dealkylation sites (N-methyl/N-ethyl adjacent to an activating group) is 1. The monoisotopic (exact) mass is 415 g/mol. The Morgan fingerprint density at radius 1 is 1.14 bits per heavy atom. The van der Waals surface area contributed by atoms with Crippen molar-refractivity contribution in [3.05, 3.63) is 0 Å². The normalized spacial score (nSPS) is 43.9. The lowest BCUT2D eigenvalue weighted by Gasteiger charge is -2.43. The summed E-state index contributed by atoms with van der Waals surface area (Å²) in [5.41, 5.74) is -2.62. The van der Waals surface area contributed by atoms with Crippen LogP contribution in [0.5, 0.6) is 0 Å². The first-order valence-corrected chi connectivity index (χ1v) is 11.1. The Hall–Kier alpha value is -0.690. The Bertz CT molecular complexity index is 545. The predicted octanol–water partition coefficient (Wildman–Crippen LogP) is 2.97. The first kappa shape index (κ1) is 26.3. The van der Waals surface area contributed by atoms with Crippen molar-refractivity contribution in [3.8, 4) is 0 Å². The molecule has 0 aliphatic carbocycles. The lowest BCUT2D eigenvalue weighted by molar-refractivity contribution is -0.189. The molecule has 0 unspecified atom stereocenters. The van der Waals surface area contributed by atoms with E-state index in [1.807, 2.05) is 39.6 Å². The van der Waals surface area contributed by atoms with Crippen LogP contribution in [0.1, 0.15) is 81.1 Å². The van der Waals surface area contributed by atoms with Gasteiger partial charge in [0.2, 0.25) is 0 Å². The second-order valence-electron chi connectivity index (χ2n) is 10.9. The van der Waals surface area contributed by atoms with Gasteiger partial charge in [-0.15, -0.1) is 0 Å². The minimum atomic E-state index is -1.57. The highest BCUT2D eigenvalue weighted by Crippen LogP contribution is 2.36. The molecule has 0 bridgehead atoms. The molecule has 1 rings (SSSR count). The number of hydrogen-bond donors (Lipinski definition) is 3. The fraction of sp³-hybridized carbons (Fsp3) is 0.957. The van der Waals surface area contributed by atoms with Crippen molar-refractivity contribution >= 4 is 5.97 Å². The Morgan fingerprint density at radius 3 is 2.21 bits per heavy atom. The van der Waals surface area contributed by atoms with Crippen molar-refractivity contribution in [1.82, 2.24) is 4.90 Å². The van der Waals surface area contributed by atoms with Crippen LogP contribution in [0.4, 0.5) is 0 Å². The summed E-state index contributed by atoms with van der Waals surface area (Å²) in [4.78, 5) is 14.7. The van der Waals surface area contributed by atoms with Crippen LogP contribution in [0.15, 0.2) is 0 Å². The highest BCUT2D eigenvalue weighted by Gasteiger charge is 2.45. The van der Waals surface area contributed by atoms with Crippen molar-refractivity contribution in [3.63, 3.8) is 0 Å². The zero-order valence-electron chi connectivity index (χ0n) is 20.0. The van der Waals surface area contributed by atoms with Crippen molar-refractivity contribution in [2.24, 2.45) is 17.3 Å². The molecule has 0 aromatic rings. The molecule has 1 saturated heterocycles. The van der Waals surface area contributed by atoms with Gasteiger partial charge in [0, 0.05) is 12.6 Å². The smallest absolute Gasteiger partial charge is 0.309 e. The third kappa shape index (κ3) is 7.20. The summed E-state index contributed by atoms with van der Waals surface area (Å²) < 4.78 is 5.67. The molecule has 1 heterocycles. The molecule has 1 fully saturated rings. The minimum absolute atomic E-state index is 0.149. The Balaban J connectivity index is 3.28. The summed E-state index contributed by atoms with van der Waals surface area (Å²) in [6.07, 6.45) is 0.331. The van der Waals surface area contributed by atoms with Gasteiger partial charge >= 0.3 is 5.97 Å². The van der Waals surface area contributed by atoms with E-state index in [1.54, 1.807) is 6.92 Å². The maximum atomic E-state index is 12.7. The number of carbonyl (C=O) groups is 1. The first-order valence-electron chi connectivity index (χ1n) is 11.1. The molecule has 3 N–H and O–H groups in total. The average Bonchev–Trinajstić information content (AvgIpc) is 2.54. The number of aliphatic hydroxyl groups excluding tert-OH is 1. The van der Waals surface area contributed by atoms with E-state index < -0.39 is 23.4 Å². The third-order valence-corrected chi connectivity index (χ3v) is 6.52. The molecule has 7 atom stereocenters. The maximum Gasteiger partial charge on any atom is 0.309 e. The van der Waals surface area contributed by atoms with Gasteiger partial charge in [0.1, 0.15) is 17.8 Å². The molecule has 0 spiro atoms. The third-order valence-electron chi connectivity index (χ3n) is 6.52. The summed E-state index contributed by atoms with van der Waals surface area (Å²) in [6.45, 7) is 15.9. The SMILES string of the molecule is CC[C@H]1OC(=O)[C@H](C)C[C@H](C)C[C@](C)(O)CC(C)(C)CN(C)[C@H](C)[C@@H](O)[C@]1(C)O. The standard InChI is InChI=1S/C23H45NO5/c1-10-18-23(8,28)19(25)17(4)24(9)14-21(5,6)13-22(7,27)12-15(2)11-16(3)20(26)29-18/h15-19,25,27-28H,10-14H2,1-9H3/t15-,16+,17+,18+,19+,22-,23+/m0/s1. The number of esters is 1. The number of ether oxygens (including phenoxy) is 1. The summed E-state index contributed by atoms with van der Waals surface area (Å²) >= 11 is 0. The van der Waals surface area contributed by atoms with Crippen molar-refractivity contribution in [2.45, 2.75) is 111 Å². The van der Waals surface area contributed by atoms with Gasteiger partial charge in [-0.1, -0.05) is 34.6 Å². The van der Waals surface area contributed by atoms with Gasteiger partial charge in [0.25, 0.3) is 0 Å². The van der Waals surface area contributed by atoms with E-state index in [1.165, 1.54) is 0 Å². The van der Waals surface area contributed by atoms with Crippen molar-refractivity contribution < 1.29 is 24.9 Å².